The molecule has 90 valence electrons. The van der Waals surface area contributed by atoms with Gasteiger partial charge in [-0.15, -0.1) is 0 Å². The number of nitrogens with zero attached hydrogens (tertiary/aromatic N) is 2. The van der Waals surface area contributed by atoms with E-state index < -0.39 is 11.7 Å². The Balaban J connectivity index is 2.65. The molecule has 6 heteroatoms. The molecule has 0 bridgehead atoms. The van der Waals surface area contributed by atoms with E-state index in [1.54, 1.807) is 11.9 Å². The van der Waals surface area contributed by atoms with Gasteiger partial charge in [0.1, 0.15) is 0 Å². The van der Waals surface area contributed by atoms with Crippen molar-refractivity contribution in [1.29, 1.82) is 0 Å². The van der Waals surface area contributed by atoms with Crippen LogP contribution in [-0.2, 0) is 12.7 Å². The van der Waals surface area contributed by atoms with Crippen LogP contribution >= 0.6 is 0 Å². The van der Waals surface area contributed by atoms with E-state index in [4.69, 9.17) is 5.11 Å². The molecule has 0 atom stereocenters. The fourth-order valence-corrected chi connectivity index (χ4v) is 1.21. The highest BCUT2D eigenvalue weighted by Crippen LogP contribution is 2.28. The van der Waals surface area contributed by atoms with Gasteiger partial charge in [0.2, 0.25) is 0 Å². The summed E-state index contributed by atoms with van der Waals surface area (Å²) in [5, 5.41) is 8.65. The number of hydrogen-bond donors (Lipinski definition) is 1. The second-order valence-electron chi connectivity index (χ2n) is 3.50. The van der Waals surface area contributed by atoms with Crippen molar-refractivity contribution < 1.29 is 18.3 Å². The Morgan fingerprint density at radius 1 is 1.38 bits per heavy atom. The molecule has 0 amide bonds. The third-order valence-electron chi connectivity index (χ3n) is 2.07. The third kappa shape index (κ3) is 3.79. The molecule has 0 unspecified atom stereocenters. The zero-order valence-electron chi connectivity index (χ0n) is 8.83. The Hall–Kier alpha value is -1.14. The van der Waals surface area contributed by atoms with E-state index in [0.29, 0.717) is 18.8 Å². The number of hydrogen-bond acceptors (Lipinski definition) is 3. The molecular weight excluding hydrogens is 221 g/mol. The van der Waals surface area contributed by atoms with Crippen molar-refractivity contribution in [1.82, 2.24) is 9.88 Å². The molecular formula is C10H13F3N2O. The number of halogens is 3. The summed E-state index contributed by atoms with van der Waals surface area (Å²) in [4.78, 5) is 5.50. The molecule has 1 aromatic heterocycles. The van der Waals surface area contributed by atoms with Gasteiger partial charge < -0.3 is 5.11 Å². The Morgan fingerprint density at radius 2 is 2.06 bits per heavy atom. The predicted molar refractivity (Wildman–Crippen MR) is 52.7 cm³/mol. The van der Waals surface area contributed by atoms with Crippen LogP contribution in [0.2, 0.25) is 0 Å². The fraction of sp³-hybridized carbons (Fsp3) is 0.500. The summed E-state index contributed by atoms with van der Waals surface area (Å²) in [5.74, 6) is 0. The van der Waals surface area contributed by atoms with Crippen molar-refractivity contribution in [3.8, 4) is 0 Å². The van der Waals surface area contributed by atoms with E-state index in [9.17, 15) is 13.2 Å². The van der Waals surface area contributed by atoms with Crippen molar-refractivity contribution in [2.75, 3.05) is 20.2 Å². The van der Waals surface area contributed by atoms with E-state index in [-0.39, 0.29) is 6.61 Å². The lowest BCUT2D eigenvalue weighted by atomic mass is 10.2. The number of rotatable bonds is 4. The number of aliphatic hydroxyl groups excluding tert-OH is 1. The summed E-state index contributed by atoms with van der Waals surface area (Å²) in [6.07, 6.45) is -3.52. The Morgan fingerprint density at radius 3 is 2.50 bits per heavy atom. The summed E-state index contributed by atoms with van der Waals surface area (Å²) in [6, 6.07) is 2.35. The maximum absolute atomic E-state index is 12.2. The van der Waals surface area contributed by atoms with Gasteiger partial charge in [-0.05, 0) is 19.2 Å². The highest BCUT2D eigenvalue weighted by atomic mass is 19.4. The van der Waals surface area contributed by atoms with E-state index in [0.717, 1.165) is 12.3 Å². The lowest BCUT2D eigenvalue weighted by Gasteiger charge is -2.14. The SMILES string of the molecule is CN(CCO)Cc1ccc(C(F)(F)F)cn1. The van der Waals surface area contributed by atoms with Gasteiger partial charge in [-0.25, -0.2) is 0 Å². The normalized spacial score (nSPS) is 12.1. The first-order valence-corrected chi connectivity index (χ1v) is 4.75. The topological polar surface area (TPSA) is 36.4 Å². The van der Waals surface area contributed by atoms with E-state index >= 15 is 0 Å². The smallest absolute Gasteiger partial charge is 0.395 e. The van der Waals surface area contributed by atoms with Crippen molar-refractivity contribution in [3.63, 3.8) is 0 Å². The van der Waals surface area contributed by atoms with Gasteiger partial charge in [-0.3, -0.25) is 9.88 Å². The van der Waals surface area contributed by atoms with Gasteiger partial charge >= 0.3 is 6.18 Å². The molecule has 1 N–H and O–H groups in total. The van der Waals surface area contributed by atoms with Crippen LogP contribution in [0.4, 0.5) is 13.2 Å². The lowest BCUT2D eigenvalue weighted by Crippen LogP contribution is -2.22. The first kappa shape index (κ1) is 12.9. The minimum Gasteiger partial charge on any atom is -0.395 e. The minimum atomic E-state index is -4.34. The molecule has 1 heterocycles. The first-order chi connectivity index (χ1) is 7.43. The lowest BCUT2D eigenvalue weighted by molar-refractivity contribution is -0.137. The van der Waals surface area contributed by atoms with E-state index in [1.165, 1.54) is 6.07 Å². The van der Waals surface area contributed by atoms with E-state index in [1.807, 2.05) is 0 Å². The average molecular weight is 234 g/mol. The molecule has 1 aromatic rings. The number of aliphatic hydroxyl groups is 1. The van der Waals surface area contributed by atoms with Crippen LogP contribution in [-0.4, -0.2) is 35.2 Å². The number of alkyl halides is 3. The van der Waals surface area contributed by atoms with Crippen molar-refractivity contribution in [2.45, 2.75) is 12.7 Å². The van der Waals surface area contributed by atoms with Gasteiger partial charge in [0, 0.05) is 19.3 Å². The monoisotopic (exact) mass is 234 g/mol. The van der Waals surface area contributed by atoms with Gasteiger partial charge in [0.15, 0.2) is 0 Å². The maximum Gasteiger partial charge on any atom is 0.417 e. The molecule has 0 aliphatic rings. The largest absolute Gasteiger partial charge is 0.417 e. The van der Waals surface area contributed by atoms with Crippen LogP contribution in [0.1, 0.15) is 11.3 Å². The van der Waals surface area contributed by atoms with Crippen molar-refractivity contribution in [2.24, 2.45) is 0 Å². The molecule has 0 fully saturated rings. The molecule has 0 radical (unpaired) electrons. The van der Waals surface area contributed by atoms with Crippen LogP contribution < -0.4 is 0 Å². The fourth-order valence-electron chi connectivity index (χ4n) is 1.21. The standard InChI is InChI=1S/C10H13F3N2O/c1-15(4-5-16)7-9-3-2-8(6-14-9)10(11,12)13/h2-3,6,16H,4-5,7H2,1H3. The summed E-state index contributed by atoms with van der Waals surface area (Å²) < 4.78 is 36.7. The molecule has 0 aromatic carbocycles. The Kier molecular flexibility index (Phi) is 4.26. The molecule has 0 saturated heterocycles. The summed E-state index contributed by atoms with van der Waals surface area (Å²) >= 11 is 0. The molecule has 0 aliphatic carbocycles. The van der Waals surface area contributed by atoms with Crippen molar-refractivity contribution >= 4 is 0 Å². The van der Waals surface area contributed by atoms with Crippen LogP contribution in [0.15, 0.2) is 18.3 Å². The van der Waals surface area contributed by atoms with Crippen LogP contribution in [0.5, 0.6) is 0 Å². The van der Waals surface area contributed by atoms with Gasteiger partial charge in [-0.2, -0.15) is 13.2 Å². The van der Waals surface area contributed by atoms with Crippen LogP contribution in [0, 0.1) is 0 Å². The Labute approximate surface area is 91.5 Å². The summed E-state index contributed by atoms with van der Waals surface area (Å²) in [5.41, 5.74) is -0.204. The molecule has 16 heavy (non-hydrogen) atoms. The molecule has 0 saturated carbocycles. The molecule has 3 nitrogen and oxygen atoms in total. The quantitative estimate of drug-likeness (QED) is 0.858. The Bertz CT molecular complexity index is 324. The predicted octanol–water partition coefficient (Wildman–Crippen LogP) is 1.52. The molecule has 1 rings (SSSR count). The van der Waals surface area contributed by atoms with E-state index in [2.05, 4.69) is 4.98 Å². The zero-order chi connectivity index (χ0) is 12.2. The maximum atomic E-state index is 12.2. The van der Waals surface area contributed by atoms with Crippen LogP contribution in [0.3, 0.4) is 0 Å². The highest BCUT2D eigenvalue weighted by molar-refractivity contribution is 5.16. The minimum absolute atomic E-state index is 0.0110. The number of aromatic nitrogens is 1. The second kappa shape index (κ2) is 5.27. The van der Waals surface area contributed by atoms with Gasteiger partial charge in [-0.1, -0.05) is 0 Å². The summed E-state index contributed by atoms with van der Waals surface area (Å²) in [6.45, 7) is 0.887. The first-order valence-electron chi connectivity index (χ1n) is 4.75. The zero-order valence-corrected chi connectivity index (χ0v) is 8.83. The molecule has 0 aliphatic heterocycles. The molecule has 0 spiro atoms. The van der Waals surface area contributed by atoms with Gasteiger partial charge in [0.25, 0.3) is 0 Å². The number of pyridine rings is 1. The van der Waals surface area contributed by atoms with Crippen molar-refractivity contribution in [3.05, 3.63) is 29.6 Å². The summed E-state index contributed by atoms with van der Waals surface area (Å²) in [7, 11) is 1.76. The number of likely N-dealkylation sites (N-methyl/N-ethyl adjacent to an activating group) is 1. The highest BCUT2D eigenvalue weighted by Gasteiger charge is 2.30. The third-order valence-corrected chi connectivity index (χ3v) is 2.07. The second-order valence-corrected chi connectivity index (χ2v) is 3.50. The average Bonchev–Trinajstić information content (AvgIpc) is 2.17. The van der Waals surface area contributed by atoms with Crippen LogP contribution in [0.25, 0.3) is 0 Å². The van der Waals surface area contributed by atoms with Gasteiger partial charge in [0.05, 0.1) is 17.9 Å².